The molecule has 2 atom stereocenters. The molecule has 0 spiro atoms. The van der Waals surface area contributed by atoms with Crippen molar-refractivity contribution in [3.63, 3.8) is 0 Å². The summed E-state index contributed by atoms with van der Waals surface area (Å²) >= 11 is 3.54. The van der Waals surface area contributed by atoms with E-state index in [0.717, 1.165) is 11.0 Å². The van der Waals surface area contributed by atoms with E-state index in [0.29, 0.717) is 18.6 Å². The largest absolute Gasteiger partial charge is 0.329 e. The maximum Gasteiger partial charge on any atom is 0.0468 e. The molecule has 1 saturated heterocycles. The minimum atomic E-state index is 0.298. The first-order chi connectivity index (χ1) is 9.11. The van der Waals surface area contributed by atoms with E-state index in [1.54, 1.807) is 0 Å². The van der Waals surface area contributed by atoms with Crippen molar-refractivity contribution in [1.29, 1.82) is 0 Å². The van der Waals surface area contributed by atoms with E-state index in [4.69, 9.17) is 5.73 Å². The number of benzene rings is 1. The molecule has 1 aliphatic heterocycles. The molecule has 0 radical (unpaired) electrons. The highest BCUT2D eigenvalue weighted by molar-refractivity contribution is 9.10. The van der Waals surface area contributed by atoms with Crippen LogP contribution in [0.3, 0.4) is 0 Å². The van der Waals surface area contributed by atoms with Gasteiger partial charge in [-0.2, -0.15) is 0 Å². The van der Waals surface area contributed by atoms with E-state index in [-0.39, 0.29) is 0 Å². The lowest BCUT2D eigenvalue weighted by atomic mass is 10.0. The molecule has 4 heteroatoms. The summed E-state index contributed by atoms with van der Waals surface area (Å²) in [6.07, 6.45) is 2.62. The molecule has 1 fully saturated rings. The second-order valence-electron chi connectivity index (χ2n) is 5.52. The van der Waals surface area contributed by atoms with Crippen LogP contribution >= 0.6 is 15.9 Å². The Morgan fingerprint density at radius 2 is 2.32 bits per heavy atom. The van der Waals surface area contributed by atoms with Gasteiger partial charge in [-0.3, -0.25) is 4.90 Å². The highest BCUT2D eigenvalue weighted by Crippen LogP contribution is 2.24. The zero-order chi connectivity index (χ0) is 13.8. The Bertz CT molecular complexity index is 410. The third kappa shape index (κ3) is 3.78. The maximum absolute atomic E-state index is 5.99. The van der Waals surface area contributed by atoms with E-state index in [1.165, 1.54) is 24.9 Å². The van der Waals surface area contributed by atoms with Crippen LogP contribution in [0, 0.1) is 0 Å². The quantitative estimate of drug-likeness (QED) is 0.902. The van der Waals surface area contributed by atoms with Gasteiger partial charge in [0.05, 0.1) is 0 Å². The van der Waals surface area contributed by atoms with Gasteiger partial charge >= 0.3 is 0 Å². The molecule has 1 aromatic rings. The van der Waals surface area contributed by atoms with E-state index in [2.05, 4.69) is 64.1 Å². The summed E-state index contributed by atoms with van der Waals surface area (Å²) in [6, 6.07) is 9.45. The Morgan fingerprint density at radius 1 is 1.53 bits per heavy atom. The zero-order valence-corrected chi connectivity index (χ0v) is 13.4. The fourth-order valence-corrected chi connectivity index (χ4v) is 3.37. The minimum absolute atomic E-state index is 0.298. The van der Waals surface area contributed by atoms with Crippen molar-refractivity contribution in [3.8, 4) is 0 Å². The SMILES string of the molecule is CN1CCCC1CN(C)C(CN)c1cccc(Br)c1. The molecular weight excluding hydrogens is 302 g/mol. The summed E-state index contributed by atoms with van der Waals surface area (Å²) < 4.78 is 1.12. The Morgan fingerprint density at radius 3 is 2.89 bits per heavy atom. The number of likely N-dealkylation sites (N-methyl/N-ethyl adjacent to an activating group) is 2. The van der Waals surface area contributed by atoms with Gasteiger partial charge in [-0.25, -0.2) is 0 Å². The highest BCUT2D eigenvalue weighted by atomic mass is 79.9. The summed E-state index contributed by atoms with van der Waals surface area (Å²) in [4.78, 5) is 4.86. The van der Waals surface area contributed by atoms with E-state index < -0.39 is 0 Å². The second kappa shape index (κ2) is 6.84. The average molecular weight is 326 g/mol. The van der Waals surface area contributed by atoms with Gasteiger partial charge < -0.3 is 10.6 Å². The van der Waals surface area contributed by atoms with Gasteiger partial charge in [-0.15, -0.1) is 0 Å². The Kier molecular flexibility index (Phi) is 5.39. The fraction of sp³-hybridized carbons (Fsp3) is 0.600. The summed E-state index contributed by atoms with van der Waals surface area (Å²) in [5.74, 6) is 0. The van der Waals surface area contributed by atoms with Crippen LogP contribution in [-0.2, 0) is 0 Å². The maximum atomic E-state index is 5.99. The fourth-order valence-electron chi connectivity index (χ4n) is 2.95. The molecule has 2 unspecified atom stereocenters. The van der Waals surface area contributed by atoms with Gasteiger partial charge in [0.1, 0.15) is 0 Å². The molecule has 0 amide bonds. The van der Waals surface area contributed by atoms with E-state index in [9.17, 15) is 0 Å². The summed E-state index contributed by atoms with van der Waals surface area (Å²) in [5.41, 5.74) is 7.29. The smallest absolute Gasteiger partial charge is 0.0468 e. The molecule has 0 aliphatic carbocycles. The number of rotatable bonds is 5. The van der Waals surface area contributed by atoms with Crippen molar-refractivity contribution < 1.29 is 0 Å². The van der Waals surface area contributed by atoms with Gasteiger partial charge in [0.15, 0.2) is 0 Å². The Labute approximate surface area is 124 Å². The molecule has 1 aliphatic rings. The Hall–Kier alpha value is -0.420. The van der Waals surface area contributed by atoms with Crippen LogP contribution in [0.4, 0.5) is 0 Å². The van der Waals surface area contributed by atoms with Crippen LogP contribution in [0.5, 0.6) is 0 Å². The summed E-state index contributed by atoms with van der Waals surface area (Å²) in [6.45, 7) is 2.97. The minimum Gasteiger partial charge on any atom is -0.329 e. The lowest BCUT2D eigenvalue weighted by molar-refractivity contribution is 0.179. The molecule has 2 N–H and O–H groups in total. The molecule has 1 aromatic carbocycles. The predicted octanol–water partition coefficient (Wildman–Crippen LogP) is 2.47. The summed E-state index contributed by atoms with van der Waals surface area (Å²) in [5, 5.41) is 0. The lowest BCUT2D eigenvalue weighted by Crippen LogP contribution is -2.40. The number of nitrogens with zero attached hydrogens (tertiary/aromatic N) is 2. The molecule has 0 bridgehead atoms. The molecular formula is C15H24BrN3. The van der Waals surface area contributed by atoms with E-state index >= 15 is 0 Å². The van der Waals surface area contributed by atoms with Crippen LogP contribution < -0.4 is 5.73 Å². The van der Waals surface area contributed by atoms with Gasteiger partial charge in [-0.05, 0) is 51.2 Å². The van der Waals surface area contributed by atoms with Gasteiger partial charge in [0.2, 0.25) is 0 Å². The molecule has 19 heavy (non-hydrogen) atoms. The highest BCUT2D eigenvalue weighted by Gasteiger charge is 2.25. The lowest BCUT2D eigenvalue weighted by Gasteiger charge is -2.32. The van der Waals surface area contributed by atoms with Crippen LogP contribution in [0.2, 0.25) is 0 Å². The normalized spacial score (nSPS) is 22.1. The molecule has 0 saturated carbocycles. The van der Waals surface area contributed by atoms with Gasteiger partial charge in [0, 0.05) is 29.6 Å². The van der Waals surface area contributed by atoms with Gasteiger partial charge in [-0.1, -0.05) is 28.1 Å². The molecule has 2 rings (SSSR count). The van der Waals surface area contributed by atoms with E-state index in [1.807, 2.05) is 0 Å². The van der Waals surface area contributed by atoms with Crippen molar-refractivity contribution >= 4 is 15.9 Å². The number of likely N-dealkylation sites (tertiary alicyclic amines) is 1. The first-order valence-electron chi connectivity index (χ1n) is 6.98. The van der Waals surface area contributed by atoms with Crippen molar-refractivity contribution in [2.45, 2.75) is 24.9 Å². The standard InChI is InChI=1S/C15H24BrN3/c1-18-8-4-7-14(18)11-19(2)15(10-17)12-5-3-6-13(16)9-12/h3,5-6,9,14-15H,4,7-8,10-11,17H2,1-2H3. The molecule has 1 heterocycles. The molecule has 0 aromatic heterocycles. The average Bonchev–Trinajstić information content (AvgIpc) is 2.76. The monoisotopic (exact) mass is 325 g/mol. The van der Waals surface area contributed by atoms with Crippen LogP contribution in [0.15, 0.2) is 28.7 Å². The predicted molar refractivity (Wildman–Crippen MR) is 84.2 cm³/mol. The number of halogens is 1. The molecule has 106 valence electrons. The van der Waals surface area contributed by atoms with Crippen molar-refractivity contribution in [2.75, 3.05) is 33.7 Å². The van der Waals surface area contributed by atoms with Crippen molar-refractivity contribution in [1.82, 2.24) is 9.80 Å². The number of hydrogen-bond donors (Lipinski definition) is 1. The van der Waals surface area contributed by atoms with Crippen LogP contribution in [0.25, 0.3) is 0 Å². The van der Waals surface area contributed by atoms with Crippen LogP contribution in [0.1, 0.15) is 24.4 Å². The molecule has 3 nitrogen and oxygen atoms in total. The number of hydrogen-bond acceptors (Lipinski definition) is 3. The van der Waals surface area contributed by atoms with Crippen molar-refractivity contribution in [2.24, 2.45) is 5.73 Å². The van der Waals surface area contributed by atoms with Crippen molar-refractivity contribution in [3.05, 3.63) is 34.3 Å². The van der Waals surface area contributed by atoms with Crippen LogP contribution in [-0.4, -0.2) is 49.6 Å². The summed E-state index contributed by atoms with van der Waals surface area (Å²) in [7, 11) is 4.41. The number of nitrogens with two attached hydrogens (primary N) is 1. The van der Waals surface area contributed by atoms with Gasteiger partial charge in [0.25, 0.3) is 0 Å². The topological polar surface area (TPSA) is 32.5 Å². The second-order valence-corrected chi connectivity index (χ2v) is 6.44. The first-order valence-corrected chi connectivity index (χ1v) is 7.77. The zero-order valence-electron chi connectivity index (χ0n) is 11.8. The third-order valence-electron chi connectivity index (χ3n) is 4.16. The first kappa shape index (κ1) is 15.0. The Balaban J connectivity index is 2.04. The third-order valence-corrected chi connectivity index (χ3v) is 4.65.